The fraction of sp³-hybridized carbons (Fsp3) is 0. The van der Waals surface area contributed by atoms with Gasteiger partial charge in [-0.25, -0.2) is 0 Å². The van der Waals surface area contributed by atoms with Gasteiger partial charge in [0.25, 0.3) is 0 Å². The molecule has 1 rings (SSSR count). The van der Waals surface area contributed by atoms with Crippen molar-refractivity contribution >= 4 is 90.4 Å². The average molecular weight is 677 g/mol. The largest absolute Gasteiger partial charge is 0.871 e. The van der Waals surface area contributed by atoms with Gasteiger partial charge in [-0.15, -0.1) is 0 Å². The maximum Gasteiger partial charge on any atom is 0.0150 e. The molecule has 6 heteroatoms. The van der Waals surface area contributed by atoms with E-state index in [4.69, 9.17) is 0 Å². The van der Waals surface area contributed by atoms with Gasteiger partial charge >= 0.3 is 0 Å². The Bertz CT molecular complexity index is 244. The molecule has 1 aromatic carbocycles. The topological polar surface area (TPSA) is 23.1 Å². The Labute approximate surface area is 146 Å². The standard InChI is InChI=1S/C6H3I3O.CH2I.Zn/c7-3-1-4(8)6(10)5(9)2-3;1-2;/h1-2,10H;1H2;/p-1. The normalized spacial score (nSPS) is 8.08. The molecule has 0 atom stereocenters. The molecule has 0 aliphatic heterocycles. The quantitative estimate of drug-likeness (QED) is 0.303. The number of halogens is 4. The first-order valence-electron chi connectivity index (χ1n) is 2.69. The van der Waals surface area contributed by atoms with E-state index in [-0.39, 0.29) is 25.2 Å². The second-order valence-electron chi connectivity index (χ2n) is 1.70. The van der Waals surface area contributed by atoms with Crippen molar-refractivity contribution in [3.05, 3.63) is 27.8 Å². The first-order valence-corrected chi connectivity index (χ1v) is 7.45. The molecule has 0 saturated carbocycles. The molecule has 1 nitrogen and oxygen atoms in total. The van der Waals surface area contributed by atoms with Crippen molar-refractivity contribution in [1.29, 1.82) is 0 Å². The molecular formula is C7H4I4OZn-. The van der Waals surface area contributed by atoms with Gasteiger partial charge in [-0.3, -0.25) is 0 Å². The molecule has 0 unspecified atom stereocenters. The van der Waals surface area contributed by atoms with E-state index in [2.05, 4.69) is 72.7 Å². The molecule has 0 heterocycles. The average Bonchev–Trinajstić information content (AvgIpc) is 2.04. The minimum absolute atomic E-state index is 0. The molecule has 13 heavy (non-hydrogen) atoms. The van der Waals surface area contributed by atoms with Crippen LogP contribution in [-0.2, 0) is 19.5 Å². The number of hydrogen-bond acceptors (Lipinski definition) is 1. The van der Waals surface area contributed by atoms with E-state index >= 15 is 0 Å². The van der Waals surface area contributed by atoms with E-state index in [1.165, 1.54) is 0 Å². The van der Waals surface area contributed by atoms with E-state index in [0.717, 1.165) is 10.7 Å². The molecular weight excluding hydrogens is 673 g/mol. The van der Waals surface area contributed by atoms with Crippen molar-refractivity contribution in [1.82, 2.24) is 0 Å². The molecule has 0 aliphatic carbocycles. The van der Waals surface area contributed by atoms with Gasteiger partial charge in [0.05, 0.1) is 0 Å². The molecule has 0 N–H and O–H groups in total. The van der Waals surface area contributed by atoms with Gasteiger partial charge in [0, 0.05) is 35.1 Å². The summed E-state index contributed by atoms with van der Waals surface area (Å²) in [6, 6.07) is 3.76. The number of rotatable bonds is 0. The molecule has 0 aliphatic rings. The third-order valence-corrected chi connectivity index (χ3v) is 3.19. The minimum Gasteiger partial charge on any atom is -0.871 e. The predicted molar refractivity (Wildman–Crippen MR) is 83.4 cm³/mol. The van der Waals surface area contributed by atoms with Crippen LogP contribution in [0.2, 0.25) is 0 Å². The zero-order valence-corrected chi connectivity index (χ0v) is 18.1. The molecule has 69 valence electrons. The van der Waals surface area contributed by atoms with Crippen LogP contribution in [0.15, 0.2) is 12.1 Å². The molecule has 0 aromatic heterocycles. The summed E-state index contributed by atoms with van der Waals surface area (Å²) in [5, 5.41) is 11.1. The number of benzene rings is 1. The van der Waals surface area contributed by atoms with E-state index in [0.29, 0.717) is 0 Å². The molecule has 1 aromatic rings. The smallest absolute Gasteiger partial charge is 0.0150 e. The maximum absolute atomic E-state index is 11.1. The fourth-order valence-corrected chi connectivity index (χ4v) is 4.11. The van der Waals surface area contributed by atoms with Crippen LogP contribution in [0.3, 0.4) is 0 Å². The second-order valence-corrected chi connectivity index (χ2v) is 5.27. The van der Waals surface area contributed by atoms with Gasteiger partial charge in [0.15, 0.2) is 0 Å². The SMILES string of the molecule is [CH2]I.[O-]c1c(I)cc(I)cc1I.[Zn]. The summed E-state index contributed by atoms with van der Waals surface area (Å²) in [5.74, 6) is 0.140. The molecule has 0 bridgehead atoms. The molecule has 0 fully saturated rings. The minimum atomic E-state index is 0. The van der Waals surface area contributed by atoms with Crippen molar-refractivity contribution in [3.63, 3.8) is 0 Å². The summed E-state index contributed by atoms with van der Waals surface area (Å²) in [5.41, 5.74) is 0. The van der Waals surface area contributed by atoms with Crippen molar-refractivity contribution in [2.24, 2.45) is 0 Å². The molecule has 0 saturated heterocycles. The number of hydrogen-bond donors (Lipinski definition) is 0. The zero-order valence-electron chi connectivity index (χ0n) is 6.49. The van der Waals surface area contributed by atoms with Gasteiger partial charge < -0.3 is 5.11 Å². The van der Waals surface area contributed by atoms with Crippen LogP contribution in [-0.4, -0.2) is 0 Å². The summed E-state index contributed by atoms with van der Waals surface area (Å²) >= 11 is 8.21. The van der Waals surface area contributed by atoms with Gasteiger partial charge in [0.1, 0.15) is 0 Å². The Kier molecular flexibility index (Phi) is 13.5. The van der Waals surface area contributed by atoms with E-state index in [1.807, 2.05) is 34.7 Å². The van der Waals surface area contributed by atoms with E-state index in [9.17, 15) is 5.11 Å². The summed E-state index contributed by atoms with van der Waals surface area (Å²) < 4.78 is 2.72. The first kappa shape index (κ1) is 17.9. The van der Waals surface area contributed by atoms with Gasteiger partial charge in [-0.05, 0) is 79.9 Å². The van der Waals surface area contributed by atoms with Crippen molar-refractivity contribution in [2.75, 3.05) is 0 Å². The van der Waals surface area contributed by atoms with Gasteiger partial charge in [0.2, 0.25) is 0 Å². The second kappa shape index (κ2) is 9.77. The fourth-order valence-electron chi connectivity index (χ4n) is 0.529. The Balaban J connectivity index is 0. The third-order valence-electron chi connectivity index (χ3n) is 0.963. The summed E-state index contributed by atoms with van der Waals surface area (Å²) in [6.07, 6.45) is 0. The molecule has 1 radical (unpaired) electrons. The summed E-state index contributed by atoms with van der Waals surface area (Å²) in [4.78, 5) is 3.22. The van der Waals surface area contributed by atoms with E-state index in [1.54, 1.807) is 0 Å². The summed E-state index contributed by atoms with van der Waals surface area (Å²) in [6.45, 7) is 0. The Morgan fingerprint density at radius 2 is 1.31 bits per heavy atom. The maximum atomic E-state index is 11.1. The van der Waals surface area contributed by atoms with Crippen LogP contribution < -0.4 is 5.11 Å². The summed E-state index contributed by atoms with van der Waals surface area (Å²) in [7, 11) is 0. The van der Waals surface area contributed by atoms with Crippen LogP contribution in [0.4, 0.5) is 0 Å². The van der Waals surface area contributed by atoms with Gasteiger partial charge in [-0.2, -0.15) is 0 Å². The van der Waals surface area contributed by atoms with Gasteiger partial charge in [-0.1, -0.05) is 28.3 Å². The van der Waals surface area contributed by atoms with E-state index < -0.39 is 0 Å². The Morgan fingerprint density at radius 3 is 1.62 bits per heavy atom. The Morgan fingerprint density at radius 1 is 1.00 bits per heavy atom. The van der Waals surface area contributed by atoms with Crippen molar-refractivity contribution < 1.29 is 24.6 Å². The monoisotopic (exact) mass is 676 g/mol. The third kappa shape index (κ3) is 6.67. The van der Waals surface area contributed by atoms with Crippen LogP contribution in [0.5, 0.6) is 5.75 Å². The first-order chi connectivity index (χ1) is 5.61. The van der Waals surface area contributed by atoms with Crippen molar-refractivity contribution in [3.8, 4) is 5.75 Å². The van der Waals surface area contributed by atoms with Crippen LogP contribution in [0.1, 0.15) is 0 Å². The predicted octanol–water partition coefficient (Wildman–Crippen LogP) is 3.78. The van der Waals surface area contributed by atoms with Crippen LogP contribution in [0, 0.1) is 15.6 Å². The molecule has 0 amide bonds. The molecule has 0 spiro atoms. The van der Waals surface area contributed by atoms with Crippen LogP contribution in [0.25, 0.3) is 0 Å². The van der Waals surface area contributed by atoms with Crippen molar-refractivity contribution in [2.45, 2.75) is 0 Å². The van der Waals surface area contributed by atoms with Crippen LogP contribution >= 0.6 is 90.4 Å². The zero-order chi connectivity index (χ0) is 9.72. The Hall–Kier alpha value is 2.56.